The molecule has 1 unspecified atom stereocenters. The quantitative estimate of drug-likeness (QED) is 0.0261. The summed E-state index contributed by atoms with van der Waals surface area (Å²) >= 11 is 0. The van der Waals surface area contributed by atoms with Gasteiger partial charge in [-0.05, 0) is 83.5 Å². The average Bonchev–Trinajstić information content (AvgIpc) is 3.45. The lowest BCUT2D eigenvalue weighted by molar-refractivity contribution is -0.167. The van der Waals surface area contributed by atoms with Crippen LogP contribution in [0.2, 0.25) is 0 Å². The van der Waals surface area contributed by atoms with Gasteiger partial charge in [0.1, 0.15) is 13.2 Å². The molecule has 1 atom stereocenters. The van der Waals surface area contributed by atoms with Crippen LogP contribution in [0.1, 0.15) is 355 Å². The van der Waals surface area contributed by atoms with Gasteiger partial charge in [0.25, 0.3) is 0 Å². The van der Waals surface area contributed by atoms with Gasteiger partial charge in [0.05, 0.1) is 0 Å². The molecule has 0 N–H and O–H groups in total. The number of rotatable bonds is 63. The summed E-state index contributed by atoms with van der Waals surface area (Å²) in [5.74, 6) is -0.883. The van der Waals surface area contributed by atoms with E-state index in [9.17, 15) is 14.4 Å². The Morgan fingerprint density at radius 3 is 0.823 bits per heavy atom. The molecule has 0 amide bonds. The van der Waals surface area contributed by atoms with Crippen LogP contribution in [0.15, 0.2) is 72.9 Å². The molecule has 0 rings (SSSR count). The Balaban J connectivity index is 4.22. The number of hydrogen-bond donors (Lipinski definition) is 0. The SMILES string of the molecule is CC/C=C\C/C=C\C/C=C\C/C=C\C/C=C\CCCCCCCCCC(=O)OC(COC(=O)CCCCCCC/C=C\CCCC)COC(=O)CCCCCCCCCCCCCCCCCCCCCCCCCCCCC. The van der Waals surface area contributed by atoms with Gasteiger partial charge in [-0.1, -0.05) is 325 Å². The summed E-state index contributed by atoms with van der Waals surface area (Å²) in [5.41, 5.74) is 0. The monoisotopic (exact) mass is 1100 g/mol. The maximum Gasteiger partial charge on any atom is 0.306 e. The van der Waals surface area contributed by atoms with E-state index in [2.05, 4.69) is 93.7 Å². The minimum Gasteiger partial charge on any atom is -0.462 e. The molecule has 6 nitrogen and oxygen atoms in total. The third-order valence-electron chi connectivity index (χ3n) is 15.2. The van der Waals surface area contributed by atoms with Gasteiger partial charge >= 0.3 is 17.9 Å². The van der Waals surface area contributed by atoms with Gasteiger partial charge in [0, 0.05) is 19.3 Å². The van der Waals surface area contributed by atoms with Crippen molar-refractivity contribution < 1.29 is 28.6 Å². The maximum atomic E-state index is 12.9. The van der Waals surface area contributed by atoms with E-state index in [1.165, 1.54) is 212 Å². The van der Waals surface area contributed by atoms with E-state index in [4.69, 9.17) is 14.2 Å². The van der Waals surface area contributed by atoms with Crippen LogP contribution in [0, 0.1) is 0 Å². The molecule has 0 fully saturated rings. The van der Waals surface area contributed by atoms with Gasteiger partial charge in [-0.15, -0.1) is 0 Å². The van der Waals surface area contributed by atoms with Gasteiger partial charge in [0.2, 0.25) is 0 Å². The highest BCUT2D eigenvalue weighted by molar-refractivity contribution is 5.71. The molecule has 458 valence electrons. The first-order valence-electron chi connectivity index (χ1n) is 34.4. The molecular formula is C73H130O6. The Morgan fingerprint density at radius 1 is 0.266 bits per heavy atom. The van der Waals surface area contributed by atoms with E-state index in [1.807, 2.05) is 0 Å². The molecule has 0 aromatic heterocycles. The van der Waals surface area contributed by atoms with E-state index in [0.717, 1.165) is 103 Å². The summed E-state index contributed by atoms with van der Waals surface area (Å²) < 4.78 is 16.9. The summed E-state index contributed by atoms with van der Waals surface area (Å²) in [6, 6.07) is 0. The van der Waals surface area contributed by atoms with Gasteiger partial charge < -0.3 is 14.2 Å². The minimum absolute atomic E-state index is 0.0795. The van der Waals surface area contributed by atoms with Gasteiger partial charge in [-0.25, -0.2) is 0 Å². The van der Waals surface area contributed by atoms with Crippen molar-refractivity contribution in [1.29, 1.82) is 0 Å². The Bertz CT molecular complexity index is 1450. The van der Waals surface area contributed by atoms with Crippen molar-refractivity contribution in [2.75, 3.05) is 13.2 Å². The second-order valence-corrected chi connectivity index (χ2v) is 23.1. The molecule has 0 aliphatic rings. The molecule has 0 heterocycles. The zero-order valence-electron chi connectivity index (χ0n) is 52.6. The Hall–Kier alpha value is -3.15. The van der Waals surface area contributed by atoms with Crippen molar-refractivity contribution in [3.05, 3.63) is 72.9 Å². The van der Waals surface area contributed by atoms with Crippen LogP contribution in [-0.2, 0) is 28.6 Å². The lowest BCUT2D eigenvalue weighted by Crippen LogP contribution is -2.30. The third-order valence-corrected chi connectivity index (χ3v) is 15.2. The number of hydrogen-bond acceptors (Lipinski definition) is 6. The molecule has 0 bridgehead atoms. The van der Waals surface area contributed by atoms with Gasteiger partial charge in [0.15, 0.2) is 6.10 Å². The number of carbonyl (C=O) groups is 3. The highest BCUT2D eigenvalue weighted by Crippen LogP contribution is 2.18. The van der Waals surface area contributed by atoms with Gasteiger partial charge in [-0.2, -0.15) is 0 Å². The Kier molecular flexibility index (Phi) is 64.7. The van der Waals surface area contributed by atoms with Gasteiger partial charge in [-0.3, -0.25) is 14.4 Å². The molecule has 6 heteroatoms. The second-order valence-electron chi connectivity index (χ2n) is 23.1. The van der Waals surface area contributed by atoms with Crippen LogP contribution in [0.25, 0.3) is 0 Å². The molecule has 0 aliphatic heterocycles. The molecule has 0 spiro atoms. The summed E-state index contributed by atoms with van der Waals surface area (Å²) in [4.78, 5) is 38.3. The molecule has 0 radical (unpaired) electrons. The topological polar surface area (TPSA) is 78.9 Å². The van der Waals surface area contributed by atoms with E-state index in [1.54, 1.807) is 0 Å². The second kappa shape index (κ2) is 67.4. The molecule has 0 aromatic carbocycles. The van der Waals surface area contributed by atoms with E-state index in [-0.39, 0.29) is 31.1 Å². The molecule has 0 saturated heterocycles. The number of allylic oxidation sites excluding steroid dienone is 12. The largest absolute Gasteiger partial charge is 0.462 e. The molecule has 0 aromatic rings. The maximum absolute atomic E-state index is 12.9. The minimum atomic E-state index is -0.785. The number of ether oxygens (including phenoxy) is 3. The van der Waals surface area contributed by atoms with Crippen molar-refractivity contribution in [2.24, 2.45) is 0 Å². The van der Waals surface area contributed by atoms with E-state index >= 15 is 0 Å². The normalized spacial score (nSPS) is 12.5. The zero-order chi connectivity index (χ0) is 57.1. The number of unbranched alkanes of at least 4 members (excludes halogenated alkanes) is 40. The first-order chi connectivity index (χ1) is 39.0. The molecule has 0 aliphatic carbocycles. The molecule has 79 heavy (non-hydrogen) atoms. The standard InChI is InChI=1S/C73H130O6/c1-4-7-10-13-16-19-22-24-26-28-30-32-34-35-36-37-39-40-42-44-46-48-51-54-57-60-63-66-72(75)78-69-70(68-77-71(74)65-62-59-56-53-50-21-18-15-12-9-6-3)79-73(76)67-64-61-58-55-52-49-47-45-43-41-38-33-31-29-27-25-23-20-17-14-11-8-5-2/h8,11,15,17-18,20,25,27,31,33,41,43,70H,4-7,9-10,12-14,16,19,21-24,26,28-30,32,34-40,42,44-69H2,1-3H3/b11-8-,18-15-,20-17-,27-25-,33-31-,43-41-. The van der Waals surface area contributed by atoms with Crippen molar-refractivity contribution in [2.45, 2.75) is 361 Å². The first kappa shape index (κ1) is 75.8. The fourth-order valence-corrected chi connectivity index (χ4v) is 10.0. The van der Waals surface area contributed by atoms with Crippen LogP contribution in [0.3, 0.4) is 0 Å². The number of esters is 3. The first-order valence-corrected chi connectivity index (χ1v) is 34.4. The van der Waals surface area contributed by atoms with E-state index < -0.39 is 6.10 Å². The summed E-state index contributed by atoms with van der Waals surface area (Å²) in [7, 11) is 0. The van der Waals surface area contributed by atoms with Crippen LogP contribution in [0.4, 0.5) is 0 Å². The van der Waals surface area contributed by atoms with Crippen molar-refractivity contribution in [1.82, 2.24) is 0 Å². The molecule has 0 saturated carbocycles. The van der Waals surface area contributed by atoms with Crippen LogP contribution < -0.4 is 0 Å². The van der Waals surface area contributed by atoms with Crippen molar-refractivity contribution >= 4 is 17.9 Å². The Labute approximate surface area is 491 Å². The lowest BCUT2D eigenvalue weighted by Gasteiger charge is -2.18. The molecular weight excluding hydrogens is 973 g/mol. The Morgan fingerprint density at radius 2 is 0.506 bits per heavy atom. The fourth-order valence-electron chi connectivity index (χ4n) is 10.0. The van der Waals surface area contributed by atoms with Crippen LogP contribution >= 0.6 is 0 Å². The highest BCUT2D eigenvalue weighted by atomic mass is 16.6. The lowest BCUT2D eigenvalue weighted by atomic mass is 10.0. The third kappa shape index (κ3) is 65.5. The summed E-state index contributed by atoms with van der Waals surface area (Å²) in [5, 5.41) is 0. The van der Waals surface area contributed by atoms with Crippen molar-refractivity contribution in [3.63, 3.8) is 0 Å². The van der Waals surface area contributed by atoms with E-state index in [0.29, 0.717) is 19.3 Å². The van der Waals surface area contributed by atoms with Crippen molar-refractivity contribution in [3.8, 4) is 0 Å². The fraction of sp³-hybridized carbons (Fsp3) is 0.795. The smallest absolute Gasteiger partial charge is 0.306 e. The zero-order valence-corrected chi connectivity index (χ0v) is 52.6. The predicted molar refractivity (Wildman–Crippen MR) is 344 cm³/mol. The predicted octanol–water partition coefficient (Wildman–Crippen LogP) is 23.7. The van der Waals surface area contributed by atoms with Crippen LogP contribution in [0.5, 0.6) is 0 Å². The highest BCUT2D eigenvalue weighted by Gasteiger charge is 2.19. The van der Waals surface area contributed by atoms with Crippen LogP contribution in [-0.4, -0.2) is 37.2 Å². The average molecular weight is 1100 g/mol. The summed E-state index contributed by atoms with van der Waals surface area (Å²) in [6.07, 6.45) is 87.9. The number of carbonyl (C=O) groups excluding carboxylic acids is 3. The summed E-state index contributed by atoms with van der Waals surface area (Å²) in [6.45, 7) is 6.52.